The molecule has 0 saturated carbocycles. The summed E-state index contributed by atoms with van der Waals surface area (Å²) in [4.78, 5) is 12.0. The summed E-state index contributed by atoms with van der Waals surface area (Å²) < 4.78 is 0. The minimum Gasteiger partial charge on any atom is -0.356 e. The molecule has 0 aliphatic carbocycles. The maximum Gasteiger partial charge on any atom is 0.220 e. The zero-order valence-electron chi connectivity index (χ0n) is 12.8. The predicted molar refractivity (Wildman–Crippen MR) is 89.8 cm³/mol. The van der Waals surface area contributed by atoms with Crippen molar-refractivity contribution in [3.8, 4) is 0 Å². The van der Waals surface area contributed by atoms with Crippen molar-refractivity contribution in [2.75, 3.05) is 19.6 Å². The molecule has 0 spiro atoms. The number of carbonyl (C=O) groups excluding carboxylic acids is 1. The summed E-state index contributed by atoms with van der Waals surface area (Å²) in [6, 6.07) is 10.3. The predicted octanol–water partition coefficient (Wildman–Crippen LogP) is 2.79. The lowest BCUT2D eigenvalue weighted by Crippen LogP contribution is -2.34. The van der Waals surface area contributed by atoms with E-state index in [-0.39, 0.29) is 18.3 Å². The van der Waals surface area contributed by atoms with Crippen molar-refractivity contribution >= 4 is 18.3 Å². The molecule has 4 heteroatoms. The summed E-state index contributed by atoms with van der Waals surface area (Å²) in [7, 11) is 0. The molecule has 118 valence electrons. The molecule has 1 aromatic rings. The van der Waals surface area contributed by atoms with Gasteiger partial charge in [-0.1, -0.05) is 37.3 Å². The van der Waals surface area contributed by atoms with E-state index in [1.165, 1.54) is 18.4 Å². The van der Waals surface area contributed by atoms with Crippen LogP contribution >= 0.6 is 12.4 Å². The maximum atomic E-state index is 12.0. The molecule has 0 aromatic heterocycles. The zero-order chi connectivity index (χ0) is 14.2. The average molecular weight is 311 g/mol. The van der Waals surface area contributed by atoms with Crippen LogP contribution in [0, 0.1) is 11.8 Å². The topological polar surface area (TPSA) is 41.1 Å². The number of nitrogens with one attached hydrogen (secondary N) is 2. The van der Waals surface area contributed by atoms with Gasteiger partial charge in [-0.2, -0.15) is 0 Å². The third-order valence-corrected chi connectivity index (χ3v) is 4.27. The Labute approximate surface area is 134 Å². The number of carbonyl (C=O) groups is 1. The molecule has 0 bridgehead atoms. The Morgan fingerprint density at radius 2 is 1.95 bits per heavy atom. The lowest BCUT2D eigenvalue weighted by molar-refractivity contribution is -0.122. The highest BCUT2D eigenvalue weighted by Gasteiger charge is 2.21. The van der Waals surface area contributed by atoms with Gasteiger partial charge in [-0.05, 0) is 49.8 Å². The Kier molecular flexibility index (Phi) is 8.40. The largest absolute Gasteiger partial charge is 0.356 e. The van der Waals surface area contributed by atoms with E-state index in [9.17, 15) is 4.79 Å². The van der Waals surface area contributed by atoms with Crippen molar-refractivity contribution in [2.24, 2.45) is 11.8 Å². The van der Waals surface area contributed by atoms with Crippen LogP contribution in [0.25, 0.3) is 0 Å². The molecule has 0 radical (unpaired) electrons. The van der Waals surface area contributed by atoms with E-state index < -0.39 is 0 Å². The first-order valence-corrected chi connectivity index (χ1v) is 7.77. The van der Waals surface area contributed by atoms with E-state index in [0.29, 0.717) is 18.3 Å². The standard InChI is InChI=1S/C17H26N2O.ClH/c1-14(16-8-10-18-11-9-16)13-17(20)19-12-7-15-5-3-2-4-6-15;/h2-6,14,16,18H,7-13H2,1H3,(H,19,20);1H. The molecule has 1 amide bonds. The van der Waals surface area contributed by atoms with Crippen LogP contribution in [0.15, 0.2) is 30.3 Å². The lowest BCUT2D eigenvalue weighted by Gasteiger charge is -2.27. The first kappa shape index (κ1) is 18.0. The molecule has 1 heterocycles. The van der Waals surface area contributed by atoms with Crippen LogP contribution in [0.1, 0.15) is 31.7 Å². The molecular weight excluding hydrogens is 284 g/mol. The minimum absolute atomic E-state index is 0. The Balaban J connectivity index is 0.00000220. The summed E-state index contributed by atoms with van der Waals surface area (Å²) in [6.07, 6.45) is 3.99. The van der Waals surface area contributed by atoms with Gasteiger partial charge >= 0.3 is 0 Å². The Bertz CT molecular complexity index is 405. The van der Waals surface area contributed by atoms with Gasteiger partial charge in [0.2, 0.25) is 5.91 Å². The number of halogens is 1. The van der Waals surface area contributed by atoms with E-state index in [1.54, 1.807) is 0 Å². The summed E-state index contributed by atoms with van der Waals surface area (Å²) >= 11 is 0. The Hall–Kier alpha value is -1.06. The van der Waals surface area contributed by atoms with Crippen molar-refractivity contribution in [3.05, 3.63) is 35.9 Å². The Morgan fingerprint density at radius 1 is 1.29 bits per heavy atom. The summed E-state index contributed by atoms with van der Waals surface area (Å²) in [5.74, 6) is 1.40. The quantitative estimate of drug-likeness (QED) is 0.848. The Morgan fingerprint density at radius 3 is 2.62 bits per heavy atom. The second kappa shape index (κ2) is 9.80. The molecule has 1 fully saturated rings. The number of hydrogen-bond acceptors (Lipinski definition) is 2. The van der Waals surface area contributed by atoms with E-state index in [1.807, 2.05) is 18.2 Å². The van der Waals surface area contributed by atoms with Gasteiger partial charge in [0.15, 0.2) is 0 Å². The molecule has 2 rings (SSSR count). The van der Waals surface area contributed by atoms with Gasteiger partial charge in [0.25, 0.3) is 0 Å². The van der Waals surface area contributed by atoms with Crippen LogP contribution in [0.2, 0.25) is 0 Å². The third kappa shape index (κ3) is 6.49. The number of amides is 1. The normalized spacial score (nSPS) is 16.8. The first-order chi connectivity index (χ1) is 9.75. The van der Waals surface area contributed by atoms with Gasteiger partial charge in [-0.25, -0.2) is 0 Å². The number of hydrogen-bond donors (Lipinski definition) is 2. The molecule has 1 unspecified atom stereocenters. The van der Waals surface area contributed by atoms with Crippen LogP contribution in [0.3, 0.4) is 0 Å². The molecule has 1 aliphatic rings. The van der Waals surface area contributed by atoms with Gasteiger partial charge in [0, 0.05) is 13.0 Å². The molecule has 3 nitrogen and oxygen atoms in total. The fourth-order valence-electron chi connectivity index (χ4n) is 2.94. The molecular formula is C17H27ClN2O. The molecule has 2 N–H and O–H groups in total. The highest BCUT2D eigenvalue weighted by Crippen LogP contribution is 2.24. The molecule has 21 heavy (non-hydrogen) atoms. The van der Waals surface area contributed by atoms with Crippen LogP contribution < -0.4 is 10.6 Å². The first-order valence-electron chi connectivity index (χ1n) is 7.77. The monoisotopic (exact) mass is 310 g/mol. The minimum atomic E-state index is 0. The zero-order valence-corrected chi connectivity index (χ0v) is 13.6. The second-order valence-electron chi connectivity index (χ2n) is 5.85. The van der Waals surface area contributed by atoms with Crippen LogP contribution in [-0.4, -0.2) is 25.5 Å². The van der Waals surface area contributed by atoms with Crippen molar-refractivity contribution in [3.63, 3.8) is 0 Å². The summed E-state index contributed by atoms with van der Waals surface area (Å²) in [6.45, 7) is 5.16. The van der Waals surface area contributed by atoms with E-state index in [4.69, 9.17) is 0 Å². The fourth-order valence-corrected chi connectivity index (χ4v) is 2.94. The molecule has 1 saturated heterocycles. The van der Waals surface area contributed by atoms with Crippen LogP contribution in [0.4, 0.5) is 0 Å². The van der Waals surface area contributed by atoms with Gasteiger partial charge < -0.3 is 10.6 Å². The van der Waals surface area contributed by atoms with Crippen molar-refractivity contribution in [2.45, 2.75) is 32.6 Å². The van der Waals surface area contributed by atoms with E-state index in [0.717, 1.165) is 26.1 Å². The van der Waals surface area contributed by atoms with E-state index >= 15 is 0 Å². The molecule has 1 aromatic carbocycles. The van der Waals surface area contributed by atoms with Crippen LogP contribution in [-0.2, 0) is 11.2 Å². The number of benzene rings is 1. The smallest absolute Gasteiger partial charge is 0.220 e. The summed E-state index contributed by atoms with van der Waals surface area (Å²) in [5, 5.41) is 6.42. The highest BCUT2D eigenvalue weighted by molar-refractivity contribution is 5.85. The molecule has 1 atom stereocenters. The fraction of sp³-hybridized carbons (Fsp3) is 0.588. The lowest BCUT2D eigenvalue weighted by atomic mass is 9.84. The van der Waals surface area contributed by atoms with Crippen molar-refractivity contribution in [1.29, 1.82) is 0 Å². The highest BCUT2D eigenvalue weighted by atomic mass is 35.5. The maximum absolute atomic E-state index is 12.0. The van der Waals surface area contributed by atoms with Gasteiger partial charge in [-0.15, -0.1) is 12.4 Å². The number of rotatable bonds is 6. The average Bonchev–Trinajstić information content (AvgIpc) is 2.49. The third-order valence-electron chi connectivity index (χ3n) is 4.27. The van der Waals surface area contributed by atoms with Crippen molar-refractivity contribution < 1.29 is 4.79 Å². The van der Waals surface area contributed by atoms with Gasteiger partial charge in [-0.3, -0.25) is 4.79 Å². The van der Waals surface area contributed by atoms with E-state index in [2.05, 4.69) is 29.7 Å². The van der Waals surface area contributed by atoms with Crippen LogP contribution in [0.5, 0.6) is 0 Å². The van der Waals surface area contributed by atoms with Gasteiger partial charge in [0.05, 0.1) is 0 Å². The molecule has 1 aliphatic heterocycles. The SMILES string of the molecule is CC(CC(=O)NCCc1ccccc1)C1CCNCC1.Cl. The summed E-state index contributed by atoms with van der Waals surface area (Å²) in [5.41, 5.74) is 1.28. The van der Waals surface area contributed by atoms with Crippen molar-refractivity contribution in [1.82, 2.24) is 10.6 Å². The number of piperidine rings is 1. The van der Waals surface area contributed by atoms with Gasteiger partial charge in [0.1, 0.15) is 0 Å². The second-order valence-corrected chi connectivity index (χ2v) is 5.85.